The largest absolute Gasteiger partial charge is 0.399 e. The highest BCUT2D eigenvalue weighted by Crippen LogP contribution is 2.26. The third kappa shape index (κ3) is 3.03. The van der Waals surface area contributed by atoms with E-state index in [9.17, 15) is 13.2 Å². The molecule has 116 valence electrons. The van der Waals surface area contributed by atoms with Gasteiger partial charge in [0, 0.05) is 38.8 Å². The summed E-state index contributed by atoms with van der Waals surface area (Å²) in [5.41, 5.74) is 7.80. The summed E-state index contributed by atoms with van der Waals surface area (Å²) in [6.07, 6.45) is 0. The van der Waals surface area contributed by atoms with Crippen LogP contribution >= 0.6 is 0 Å². The van der Waals surface area contributed by atoms with Crippen molar-refractivity contribution < 1.29 is 13.2 Å². The quantitative estimate of drug-likeness (QED) is 0.817. The molecule has 0 bridgehead atoms. The van der Waals surface area contributed by atoms with E-state index in [4.69, 9.17) is 5.73 Å². The van der Waals surface area contributed by atoms with Crippen LogP contribution in [0.4, 0.5) is 5.69 Å². The van der Waals surface area contributed by atoms with E-state index in [2.05, 4.69) is 0 Å². The molecule has 21 heavy (non-hydrogen) atoms. The van der Waals surface area contributed by atoms with Gasteiger partial charge in [-0.1, -0.05) is 0 Å². The molecule has 0 aliphatic carbocycles. The molecule has 1 aromatic carbocycles. The van der Waals surface area contributed by atoms with Gasteiger partial charge in [-0.2, -0.15) is 4.31 Å². The van der Waals surface area contributed by atoms with Crippen molar-refractivity contribution in [1.82, 2.24) is 9.21 Å². The molecule has 0 aromatic heterocycles. The fourth-order valence-corrected chi connectivity index (χ4v) is 4.26. The smallest absolute Gasteiger partial charge is 0.243 e. The van der Waals surface area contributed by atoms with Crippen molar-refractivity contribution in [3.63, 3.8) is 0 Å². The summed E-state index contributed by atoms with van der Waals surface area (Å²) < 4.78 is 26.9. The van der Waals surface area contributed by atoms with Crippen LogP contribution in [0.15, 0.2) is 17.0 Å². The summed E-state index contributed by atoms with van der Waals surface area (Å²) in [5, 5.41) is 0. The number of amides is 1. The van der Waals surface area contributed by atoms with Gasteiger partial charge in [-0.25, -0.2) is 8.42 Å². The first kappa shape index (κ1) is 15.8. The zero-order valence-electron chi connectivity index (χ0n) is 12.6. The maximum atomic E-state index is 12.8. The molecule has 0 unspecified atom stereocenters. The van der Waals surface area contributed by atoms with Crippen molar-refractivity contribution in [3.8, 4) is 0 Å². The molecule has 1 saturated heterocycles. The Morgan fingerprint density at radius 2 is 1.71 bits per heavy atom. The molecule has 0 atom stereocenters. The maximum Gasteiger partial charge on any atom is 0.243 e. The predicted molar refractivity (Wildman–Crippen MR) is 81.3 cm³/mol. The van der Waals surface area contributed by atoms with E-state index in [1.165, 1.54) is 17.3 Å². The standard InChI is InChI=1S/C14H21N3O3S/c1-10-8-13(15)9-14(11(10)2)21(19,20)17-6-4-16(5-7-17)12(3)18/h8-9H,4-7,15H2,1-3H3. The number of sulfonamides is 1. The van der Waals surface area contributed by atoms with Crippen molar-refractivity contribution in [2.24, 2.45) is 0 Å². The van der Waals surface area contributed by atoms with Gasteiger partial charge in [-0.05, 0) is 37.1 Å². The van der Waals surface area contributed by atoms with Crippen molar-refractivity contribution in [2.45, 2.75) is 25.7 Å². The third-order valence-corrected chi connectivity index (χ3v) is 5.97. The summed E-state index contributed by atoms with van der Waals surface area (Å²) in [6, 6.07) is 3.27. The lowest BCUT2D eigenvalue weighted by atomic mass is 10.1. The lowest BCUT2D eigenvalue weighted by Gasteiger charge is -2.33. The Labute approximate surface area is 125 Å². The molecule has 1 heterocycles. The Morgan fingerprint density at radius 3 is 2.24 bits per heavy atom. The molecule has 7 heteroatoms. The highest BCUT2D eigenvalue weighted by atomic mass is 32.2. The second-order valence-electron chi connectivity index (χ2n) is 5.37. The summed E-state index contributed by atoms with van der Waals surface area (Å²) in [7, 11) is -3.57. The van der Waals surface area contributed by atoms with Crippen molar-refractivity contribution in [2.75, 3.05) is 31.9 Å². The average Bonchev–Trinajstić information content (AvgIpc) is 2.42. The first-order chi connectivity index (χ1) is 9.73. The first-order valence-electron chi connectivity index (χ1n) is 6.86. The molecule has 2 rings (SSSR count). The van der Waals surface area contributed by atoms with Crippen LogP contribution in [0.25, 0.3) is 0 Å². The van der Waals surface area contributed by atoms with Crippen molar-refractivity contribution in [3.05, 3.63) is 23.3 Å². The Hall–Kier alpha value is -1.60. The minimum absolute atomic E-state index is 0.0250. The topological polar surface area (TPSA) is 83.7 Å². The average molecular weight is 311 g/mol. The van der Waals surface area contributed by atoms with Crippen LogP contribution in [0.1, 0.15) is 18.1 Å². The highest BCUT2D eigenvalue weighted by molar-refractivity contribution is 7.89. The number of nitrogens with zero attached hydrogens (tertiary/aromatic N) is 2. The Kier molecular flexibility index (Phi) is 4.25. The van der Waals surface area contributed by atoms with Crippen LogP contribution in [0.3, 0.4) is 0 Å². The fourth-order valence-electron chi connectivity index (χ4n) is 2.50. The van der Waals surface area contributed by atoms with Gasteiger partial charge in [0.2, 0.25) is 15.9 Å². The Morgan fingerprint density at radius 1 is 1.14 bits per heavy atom. The molecule has 1 aliphatic heterocycles. The number of rotatable bonds is 2. The normalized spacial score (nSPS) is 17.0. The van der Waals surface area contributed by atoms with Crippen molar-refractivity contribution >= 4 is 21.6 Å². The van der Waals surface area contributed by atoms with E-state index in [1.807, 2.05) is 6.92 Å². The lowest BCUT2D eigenvalue weighted by molar-refractivity contribution is -0.129. The minimum Gasteiger partial charge on any atom is -0.399 e. The van der Waals surface area contributed by atoms with Gasteiger partial charge in [-0.15, -0.1) is 0 Å². The van der Waals surface area contributed by atoms with Gasteiger partial charge in [0.05, 0.1) is 4.90 Å². The van der Waals surface area contributed by atoms with E-state index < -0.39 is 10.0 Å². The molecule has 0 radical (unpaired) electrons. The number of nitrogens with two attached hydrogens (primary N) is 1. The van der Waals surface area contributed by atoms with Gasteiger partial charge < -0.3 is 10.6 Å². The van der Waals surface area contributed by atoms with E-state index >= 15 is 0 Å². The monoisotopic (exact) mass is 311 g/mol. The summed E-state index contributed by atoms with van der Waals surface area (Å²) in [6.45, 7) is 6.61. The van der Waals surface area contributed by atoms with Crippen LogP contribution in [-0.2, 0) is 14.8 Å². The predicted octanol–water partition coefficient (Wildman–Crippen LogP) is 0.738. The number of hydrogen-bond acceptors (Lipinski definition) is 4. The number of hydrogen-bond donors (Lipinski definition) is 1. The summed E-state index contributed by atoms with van der Waals surface area (Å²) >= 11 is 0. The zero-order chi connectivity index (χ0) is 15.8. The first-order valence-corrected chi connectivity index (χ1v) is 8.30. The van der Waals surface area contributed by atoms with Gasteiger partial charge in [-0.3, -0.25) is 4.79 Å². The lowest BCUT2D eigenvalue weighted by Crippen LogP contribution is -2.50. The van der Waals surface area contributed by atoms with Crippen molar-refractivity contribution in [1.29, 1.82) is 0 Å². The number of carbonyl (C=O) groups excluding carboxylic acids is 1. The molecule has 0 saturated carbocycles. The number of anilines is 1. The van der Waals surface area contributed by atoms with E-state index in [1.54, 1.807) is 17.9 Å². The molecule has 1 fully saturated rings. The van der Waals surface area contributed by atoms with Crippen LogP contribution in [-0.4, -0.2) is 49.7 Å². The summed E-state index contributed by atoms with van der Waals surface area (Å²) in [4.78, 5) is 13.2. The van der Waals surface area contributed by atoms with E-state index in [-0.39, 0.29) is 10.8 Å². The summed E-state index contributed by atoms with van der Waals surface area (Å²) in [5.74, 6) is -0.0250. The van der Waals surface area contributed by atoms with Gasteiger partial charge >= 0.3 is 0 Å². The van der Waals surface area contributed by atoms with Crippen LogP contribution < -0.4 is 5.73 Å². The molecule has 0 spiro atoms. The van der Waals surface area contributed by atoms with E-state index in [0.717, 1.165) is 11.1 Å². The molecular formula is C14H21N3O3S. The Bertz CT molecular complexity index is 662. The molecule has 6 nitrogen and oxygen atoms in total. The fraction of sp³-hybridized carbons (Fsp3) is 0.500. The second-order valence-corrected chi connectivity index (χ2v) is 7.28. The van der Waals surface area contributed by atoms with Gasteiger partial charge in [0.25, 0.3) is 0 Å². The molecule has 1 amide bonds. The SMILES string of the molecule is CC(=O)N1CCN(S(=O)(=O)c2cc(N)cc(C)c2C)CC1. The number of aryl methyl sites for hydroxylation is 1. The second kappa shape index (κ2) is 5.65. The highest BCUT2D eigenvalue weighted by Gasteiger charge is 2.30. The Balaban J connectivity index is 2.30. The van der Waals surface area contributed by atoms with Gasteiger partial charge in [0.15, 0.2) is 0 Å². The van der Waals surface area contributed by atoms with Crippen LogP contribution in [0.2, 0.25) is 0 Å². The number of benzene rings is 1. The van der Waals surface area contributed by atoms with Crippen LogP contribution in [0.5, 0.6) is 0 Å². The maximum absolute atomic E-state index is 12.8. The number of nitrogen functional groups attached to an aromatic ring is 1. The van der Waals surface area contributed by atoms with Gasteiger partial charge in [0.1, 0.15) is 0 Å². The number of carbonyl (C=O) groups is 1. The number of piperazine rings is 1. The molecule has 1 aromatic rings. The third-order valence-electron chi connectivity index (χ3n) is 3.94. The molecular weight excluding hydrogens is 290 g/mol. The minimum atomic E-state index is -3.57. The molecule has 2 N–H and O–H groups in total. The zero-order valence-corrected chi connectivity index (χ0v) is 13.4. The van der Waals surface area contributed by atoms with E-state index in [0.29, 0.717) is 31.9 Å². The molecule has 1 aliphatic rings. The van der Waals surface area contributed by atoms with Crippen LogP contribution in [0, 0.1) is 13.8 Å².